The van der Waals surface area contributed by atoms with Crippen molar-refractivity contribution in [3.8, 4) is 16.9 Å². The van der Waals surface area contributed by atoms with E-state index in [-0.39, 0.29) is 0 Å². The quantitative estimate of drug-likeness (QED) is 0.285. The molecule has 0 saturated carbocycles. The molecule has 2 heterocycles. The molecule has 2 heteroatoms. The number of para-hydroxylation sites is 2. The van der Waals surface area contributed by atoms with Crippen LogP contribution in [-0.4, -0.2) is 4.57 Å². The van der Waals surface area contributed by atoms with Crippen LogP contribution in [0.3, 0.4) is 0 Å². The van der Waals surface area contributed by atoms with E-state index in [1.165, 1.54) is 55.1 Å². The van der Waals surface area contributed by atoms with Gasteiger partial charge in [-0.15, -0.1) is 0 Å². The highest BCUT2D eigenvalue weighted by atomic mass is 15.0. The predicted octanol–water partition coefficient (Wildman–Crippen LogP) is 6.74. The zero-order valence-corrected chi connectivity index (χ0v) is 17.7. The summed E-state index contributed by atoms with van der Waals surface area (Å²) < 4.78 is 4.63. The van der Waals surface area contributed by atoms with Crippen molar-refractivity contribution in [2.45, 2.75) is 6.92 Å². The Hall–Kier alpha value is -3.91. The summed E-state index contributed by atoms with van der Waals surface area (Å²) in [5.41, 5.74) is 7.51. The maximum absolute atomic E-state index is 2.43. The van der Waals surface area contributed by atoms with Gasteiger partial charge in [0.2, 0.25) is 5.69 Å². The molecule has 2 nitrogen and oxygen atoms in total. The van der Waals surface area contributed by atoms with E-state index >= 15 is 0 Å². The minimum atomic E-state index is 1.23. The van der Waals surface area contributed by atoms with Crippen molar-refractivity contribution >= 4 is 32.6 Å². The third kappa shape index (κ3) is 2.62. The molecule has 0 atom stereocenters. The van der Waals surface area contributed by atoms with E-state index in [0.29, 0.717) is 0 Å². The fraction of sp³-hybridized carbons (Fsp3) is 0.0690. The molecule has 2 aromatic heterocycles. The van der Waals surface area contributed by atoms with Gasteiger partial charge < -0.3 is 4.57 Å². The molecular formula is C29H23N2+. The second-order valence-corrected chi connectivity index (χ2v) is 8.20. The fourth-order valence-corrected chi connectivity index (χ4v) is 4.98. The molecule has 6 aromatic rings. The fourth-order valence-electron chi connectivity index (χ4n) is 4.98. The molecule has 0 radical (unpaired) electrons. The largest absolute Gasteiger partial charge is 0.309 e. The van der Waals surface area contributed by atoms with Gasteiger partial charge in [0.25, 0.3) is 0 Å². The van der Waals surface area contributed by atoms with Gasteiger partial charge >= 0.3 is 0 Å². The molecule has 0 aliphatic heterocycles. The predicted molar refractivity (Wildman–Crippen MR) is 130 cm³/mol. The number of fused-ring (bicyclic) bond motifs is 4. The molecule has 0 bridgehead atoms. The van der Waals surface area contributed by atoms with Crippen LogP contribution in [0, 0.1) is 6.92 Å². The van der Waals surface area contributed by atoms with Crippen molar-refractivity contribution in [3.63, 3.8) is 0 Å². The molecule has 6 rings (SSSR count). The Balaban J connectivity index is 1.78. The summed E-state index contributed by atoms with van der Waals surface area (Å²) in [5.74, 6) is 0. The zero-order chi connectivity index (χ0) is 20.9. The van der Waals surface area contributed by atoms with Crippen LogP contribution < -0.4 is 4.57 Å². The first-order valence-electron chi connectivity index (χ1n) is 10.7. The van der Waals surface area contributed by atoms with Gasteiger partial charge in [0.05, 0.1) is 22.3 Å². The maximum Gasteiger partial charge on any atom is 0.213 e. The summed E-state index contributed by atoms with van der Waals surface area (Å²) >= 11 is 0. The molecule has 0 N–H and O–H groups in total. The molecule has 0 amide bonds. The average molecular weight is 400 g/mol. The normalized spacial score (nSPS) is 11.5. The number of rotatable bonds is 2. The van der Waals surface area contributed by atoms with Gasteiger partial charge in [0, 0.05) is 28.3 Å². The van der Waals surface area contributed by atoms with Crippen LogP contribution in [0.25, 0.3) is 49.5 Å². The number of hydrogen-bond donors (Lipinski definition) is 0. The summed E-state index contributed by atoms with van der Waals surface area (Å²) in [6.45, 7) is 2.23. The standard InChI is InChI=1S/C29H23N2/c1-20-19-28(31-25-15-7-5-11-21(25)22-12-6-8-16-26(22)31)23-13-3-4-14-24(23)29(20)27-17-9-10-18-30(27)2/h3-19H,1-2H3/q+1. The highest BCUT2D eigenvalue weighted by molar-refractivity contribution is 6.11. The molecule has 0 aliphatic carbocycles. The van der Waals surface area contributed by atoms with E-state index in [4.69, 9.17) is 0 Å². The van der Waals surface area contributed by atoms with Gasteiger partial charge in [0.15, 0.2) is 6.20 Å². The molecule has 0 spiro atoms. The second kappa shape index (κ2) is 6.82. The lowest BCUT2D eigenvalue weighted by atomic mass is 9.95. The Morgan fingerprint density at radius 1 is 0.613 bits per heavy atom. The lowest BCUT2D eigenvalue weighted by molar-refractivity contribution is -0.660. The second-order valence-electron chi connectivity index (χ2n) is 8.20. The average Bonchev–Trinajstić information content (AvgIpc) is 3.14. The minimum absolute atomic E-state index is 1.23. The first kappa shape index (κ1) is 17.9. The van der Waals surface area contributed by atoms with Crippen LogP contribution in [-0.2, 0) is 7.05 Å². The summed E-state index contributed by atoms with van der Waals surface area (Å²) in [5, 5.41) is 5.12. The Morgan fingerprint density at radius 3 is 1.81 bits per heavy atom. The topological polar surface area (TPSA) is 8.81 Å². The van der Waals surface area contributed by atoms with Crippen LogP contribution in [0.1, 0.15) is 5.56 Å². The Morgan fingerprint density at radius 2 is 1.16 bits per heavy atom. The summed E-state index contributed by atoms with van der Waals surface area (Å²) in [6, 6.07) is 34.9. The van der Waals surface area contributed by atoms with Crippen molar-refractivity contribution in [3.05, 3.63) is 109 Å². The highest BCUT2D eigenvalue weighted by Gasteiger charge is 2.20. The summed E-state index contributed by atoms with van der Waals surface area (Å²) in [6.07, 6.45) is 2.12. The summed E-state index contributed by atoms with van der Waals surface area (Å²) in [4.78, 5) is 0. The van der Waals surface area contributed by atoms with Crippen molar-refractivity contribution in [2.75, 3.05) is 0 Å². The summed E-state index contributed by atoms with van der Waals surface area (Å²) in [7, 11) is 2.12. The molecule has 4 aromatic carbocycles. The van der Waals surface area contributed by atoms with E-state index < -0.39 is 0 Å². The maximum atomic E-state index is 2.43. The Bertz CT molecular complexity index is 1550. The molecule has 31 heavy (non-hydrogen) atoms. The number of hydrogen-bond acceptors (Lipinski definition) is 0. The molecule has 0 aliphatic rings. The molecule has 0 unspecified atom stereocenters. The number of benzene rings is 4. The van der Waals surface area contributed by atoms with Gasteiger partial charge in [-0.1, -0.05) is 60.7 Å². The van der Waals surface area contributed by atoms with Crippen LogP contribution in [0.4, 0.5) is 0 Å². The monoisotopic (exact) mass is 399 g/mol. The minimum Gasteiger partial charge on any atom is -0.309 e. The zero-order valence-electron chi connectivity index (χ0n) is 17.7. The van der Waals surface area contributed by atoms with Crippen LogP contribution in [0.5, 0.6) is 0 Å². The lowest BCUT2D eigenvalue weighted by Gasteiger charge is -2.16. The Kier molecular flexibility index (Phi) is 3.94. The van der Waals surface area contributed by atoms with Gasteiger partial charge in [0.1, 0.15) is 7.05 Å². The number of aryl methyl sites for hydroxylation is 2. The van der Waals surface area contributed by atoms with Gasteiger partial charge in [-0.05, 0) is 42.1 Å². The number of aromatic nitrogens is 2. The SMILES string of the molecule is Cc1cc(-n2c3ccccc3c3ccccc32)c2ccccc2c1-c1cccc[n+]1C. The third-order valence-electron chi connectivity index (χ3n) is 6.35. The van der Waals surface area contributed by atoms with Gasteiger partial charge in [-0.2, -0.15) is 0 Å². The van der Waals surface area contributed by atoms with E-state index in [1.807, 2.05) is 0 Å². The Labute approximate surface area is 181 Å². The smallest absolute Gasteiger partial charge is 0.213 e. The van der Waals surface area contributed by atoms with Crippen molar-refractivity contribution in [2.24, 2.45) is 7.05 Å². The van der Waals surface area contributed by atoms with Crippen molar-refractivity contribution < 1.29 is 4.57 Å². The lowest BCUT2D eigenvalue weighted by Crippen LogP contribution is -2.30. The van der Waals surface area contributed by atoms with Crippen LogP contribution >= 0.6 is 0 Å². The first-order chi connectivity index (χ1) is 15.2. The molecule has 0 saturated heterocycles. The third-order valence-corrected chi connectivity index (χ3v) is 6.35. The molecular weight excluding hydrogens is 376 g/mol. The van der Waals surface area contributed by atoms with E-state index in [9.17, 15) is 0 Å². The molecule has 0 fully saturated rings. The number of nitrogens with zero attached hydrogens (tertiary/aromatic N) is 2. The molecule has 148 valence electrons. The number of pyridine rings is 1. The van der Waals surface area contributed by atoms with Gasteiger partial charge in [-0.25, -0.2) is 4.57 Å². The van der Waals surface area contributed by atoms with E-state index in [2.05, 4.69) is 126 Å². The van der Waals surface area contributed by atoms with E-state index in [0.717, 1.165) is 0 Å². The first-order valence-corrected chi connectivity index (χ1v) is 10.7. The van der Waals surface area contributed by atoms with Gasteiger partial charge in [-0.3, -0.25) is 0 Å². The van der Waals surface area contributed by atoms with Crippen molar-refractivity contribution in [1.29, 1.82) is 0 Å². The van der Waals surface area contributed by atoms with E-state index in [1.54, 1.807) is 0 Å². The van der Waals surface area contributed by atoms with Crippen LogP contribution in [0.15, 0.2) is 103 Å². The van der Waals surface area contributed by atoms with Crippen molar-refractivity contribution in [1.82, 2.24) is 4.57 Å². The highest BCUT2D eigenvalue weighted by Crippen LogP contribution is 2.38. The van der Waals surface area contributed by atoms with Crippen LogP contribution in [0.2, 0.25) is 0 Å².